The van der Waals surface area contributed by atoms with E-state index in [0.717, 1.165) is 22.8 Å². The molecule has 1 atom stereocenters. The highest BCUT2D eigenvalue weighted by Crippen LogP contribution is 2.41. The Hall–Kier alpha value is -1.16. The van der Waals surface area contributed by atoms with Crippen molar-refractivity contribution < 1.29 is 9.53 Å². The second-order valence-corrected chi connectivity index (χ2v) is 5.11. The number of hydrogen-bond acceptors (Lipinski definition) is 3. The van der Waals surface area contributed by atoms with E-state index in [-0.39, 0.29) is 11.2 Å². The van der Waals surface area contributed by atoms with Crippen LogP contribution in [0.1, 0.15) is 20.3 Å². The average molecular weight is 237 g/mol. The molecule has 86 valence electrons. The molecule has 16 heavy (non-hydrogen) atoms. The molecule has 1 N–H and O–H groups in total. The van der Waals surface area contributed by atoms with Gasteiger partial charge in [-0.25, -0.2) is 0 Å². The van der Waals surface area contributed by atoms with Crippen molar-refractivity contribution in [1.82, 2.24) is 0 Å². The van der Waals surface area contributed by atoms with Gasteiger partial charge in [-0.05, 0) is 25.5 Å². The Balaban J connectivity index is 2.29. The molecule has 0 spiro atoms. The highest BCUT2D eigenvalue weighted by atomic mass is 32.2. The van der Waals surface area contributed by atoms with Crippen molar-refractivity contribution in [2.75, 3.05) is 11.9 Å². The minimum Gasteiger partial charge on any atom is -0.491 e. The molecule has 1 unspecified atom stereocenters. The van der Waals surface area contributed by atoms with Crippen molar-refractivity contribution in [2.24, 2.45) is 0 Å². The summed E-state index contributed by atoms with van der Waals surface area (Å²) in [5, 5.41) is 2.87. The molecule has 0 aliphatic carbocycles. The molecule has 0 saturated heterocycles. The first-order chi connectivity index (χ1) is 7.72. The van der Waals surface area contributed by atoms with Crippen LogP contribution >= 0.6 is 11.8 Å². The van der Waals surface area contributed by atoms with E-state index in [1.165, 1.54) is 0 Å². The van der Waals surface area contributed by atoms with Crippen molar-refractivity contribution in [2.45, 2.75) is 30.4 Å². The molecule has 1 aromatic rings. The topological polar surface area (TPSA) is 38.3 Å². The number of thioether (sulfide) groups is 1. The molecule has 0 bridgehead atoms. The fourth-order valence-electron chi connectivity index (χ4n) is 1.53. The van der Waals surface area contributed by atoms with Crippen molar-refractivity contribution >= 4 is 23.4 Å². The zero-order valence-electron chi connectivity index (χ0n) is 9.45. The molecule has 0 radical (unpaired) electrons. The summed E-state index contributed by atoms with van der Waals surface area (Å²) in [6.07, 6.45) is 0.959. The first kappa shape index (κ1) is 11.3. The highest BCUT2D eigenvalue weighted by Gasteiger charge is 2.25. The van der Waals surface area contributed by atoms with Crippen LogP contribution in [0.3, 0.4) is 0 Å². The van der Waals surface area contributed by atoms with Gasteiger partial charge >= 0.3 is 0 Å². The number of anilines is 1. The Morgan fingerprint density at radius 1 is 1.50 bits per heavy atom. The number of ether oxygens (including phenoxy) is 1. The molecular formula is C12H15NO2S. The Morgan fingerprint density at radius 3 is 3.06 bits per heavy atom. The molecule has 1 aliphatic rings. The fraction of sp³-hybridized carbons (Fsp3) is 0.417. The molecule has 0 saturated carbocycles. The SMILES string of the molecule is CCCOc1cccc2c1NC(=O)C(C)S2. The molecular weight excluding hydrogens is 222 g/mol. The molecule has 4 heteroatoms. The molecule has 1 aliphatic heterocycles. The van der Waals surface area contributed by atoms with E-state index in [1.807, 2.05) is 25.1 Å². The summed E-state index contributed by atoms with van der Waals surface area (Å²) < 4.78 is 5.61. The molecule has 1 aromatic carbocycles. The molecule has 3 nitrogen and oxygen atoms in total. The Bertz CT molecular complexity index is 406. The molecule has 0 fully saturated rings. The lowest BCUT2D eigenvalue weighted by molar-refractivity contribution is -0.115. The third-order valence-electron chi connectivity index (χ3n) is 2.37. The third kappa shape index (κ3) is 2.16. The summed E-state index contributed by atoms with van der Waals surface area (Å²) in [5.41, 5.74) is 0.823. The van der Waals surface area contributed by atoms with Gasteiger partial charge in [-0.15, -0.1) is 11.8 Å². The lowest BCUT2D eigenvalue weighted by atomic mass is 10.2. The van der Waals surface area contributed by atoms with Crippen LogP contribution in [0.25, 0.3) is 0 Å². The molecule has 1 heterocycles. The first-order valence-corrected chi connectivity index (χ1v) is 6.33. The lowest BCUT2D eigenvalue weighted by Gasteiger charge is -2.23. The number of benzene rings is 1. The van der Waals surface area contributed by atoms with E-state index in [1.54, 1.807) is 11.8 Å². The monoisotopic (exact) mass is 237 g/mol. The smallest absolute Gasteiger partial charge is 0.237 e. The highest BCUT2D eigenvalue weighted by molar-refractivity contribution is 8.01. The first-order valence-electron chi connectivity index (χ1n) is 5.45. The van der Waals surface area contributed by atoms with Crippen LogP contribution < -0.4 is 10.1 Å². The molecule has 2 rings (SSSR count). The predicted octanol–water partition coefficient (Wildman–Crippen LogP) is 2.91. The molecule has 1 amide bonds. The lowest BCUT2D eigenvalue weighted by Crippen LogP contribution is -2.26. The zero-order valence-corrected chi connectivity index (χ0v) is 10.3. The van der Waals surface area contributed by atoms with E-state index in [9.17, 15) is 4.79 Å². The number of rotatable bonds is 3. The maximum atomic E-state index is 11.6. The molecule has 0 aromatic heterocycles. The summed E-state index contributed by atoms with van der Waals surface area (Å²) in [6, 6.07) is 5.86. The Kier molecular flexibility index (Phi) is 3.39. The standard InChI is InChI=1S/C12H15NO2S/c1-3-7-15-9-5-4-6-10-11(9)13-12(14)8(2)16-10/h4-6,8H,3,7H2,1-2H3,(H,13,14). The van der Waals surface area contributed by atoms with Gasteiger partial charge in [-0.2, -0.15) is 0 Å². The van der Waals surface area contributed by atoms with E-state index in [0.29, 0.717) is 6.61 Å². The normalized spacial score (nSPS) is 18.9. The summed E-state index contributed by atoms with van der Waals surface area (Å²) in [4.78, 5) is 12.7. The van der Waals surface area contributed by atoms with Gasteiger partial charge in [0.05, 0.1) is 17.5 Å². The van der Waals surface area contributed by atoms with Crippen LogP contribution in [0.5, 0.6) is 5.75 Å². The van der Waals surface area contributed by atoms with Crippen LogP contribution in [0.15, 0.2) is 23.1 Å². The van der Waals surface area contributed by atoms with Crippen molar-refractivity contribution in [3.63, 3.8) is 0 Å². The van der Waals surface area contributed by atoms with E-state index < -0.39 is 0 Å². The fourth-order valence-corrected chi connectivity index (χ4v) is 2.51. The van der Waals surface area contributed by atoms with Crippen molar-refractivity contribution in [1.29, 1.82) is 0 Å². The van der Waals surface area contributed by atoms with E-state index >= 15 is 0 Å². The minimum atomic E-state index is -0.0334. The van der Waals surface area contributed by atoms with Crippen LogP contribution in [0.2, 0.25) is 0 Å². The minimum absolute atomic E-state index is 0.0334. The van der Waals surface area contributed by atoms with Gasteiger partial charge in [-0.3, -0.25) is 4.79 Å². The number of nitrogens with one attached hydrogen (secondary N) is 1. The number of fused-ring (bicyclic) bond motifs is 1. The summed E-state index contributed by atoms with van der Waals surface area (Å²) in [6.45, 7) is 4.64. The van der Waals surface area contributed by atoms with Gasteiger partial charge in [0.15, 0.2) is 0 Å². The van der Waals surface area contributed by atoms with E-state index in [4.69, 9.17) is 4.74 Å². The second kappa shape index (κ2) is 4.78. The Labute approximate surface area is 99.6 Å². The zero-order chi connectivity index (χ0) is 11.5. The number of amides is 1. The van der Waals surface area contributed by atoms with Gasteiger partial charge in [-0.1, -0.05) is 13.0 Å². The number of hydrogen-bond donors (Lipinski definition) is 1. The van der Waals surface area contributed by atoms with Gasteiger partial charge in [0.2, 0.25) is 5.91 Å². The summed E-state index contributed by atoms with van der Waals surface area (Å²) in [5.74, 6) is 0.817. The Morgan fingerprint density at radius 2 is 2.31 bits per heavy atom. The van der Waals surface area contributed by atoms with Crippen LogP contribution in [-0.4, -0.2) is 17.8 Å². The maximum absolute atomic E-state index is 11.6. The van der Waals surface area contributed by atoms with Crippen LogP contribution in [0, 0.1) is 0 Å². The average Bonchev–Trinajstić information content (AvgIpc) is 2.28. The quantitative estimate of drug-likeness (QED) is 0.878. The maximum Gasteiger partial charge on any atom is 0.237 e. The van der Waals surface area contributed by atoms with Crippen molar-refractivity contribution in [3.8, 4) is 5.75 Å². The number of carbonyl (C=O) groups is 1. The van der Waals surface area contributed by atoms with Gasteiger partial charge in [0.25, 0.3) is 0 Å². The van der Waals surface area contributed by atoms with Crippen LogP contribution in [-0.2, 0) is 4.79 Å². The van der Waals surface area contributed by atoms with Gasteiger partial charge in [0.1, 0.15) is 5.75 Å². The predicted molar refractivity (Wildman–Crippen MR) is 66.2 cm³/mol. The third-order valence-corrected chi connectivity index (χ3v) is 3.53. The largest absolute Gasteiger partial charge is 0.491 e. The summed E-state index contributed by atoms with van der Waals surface area (Å²) >= 11 is 1.58. The summed E-state index contributed by atoms with van der Waals surface area (Å²) in [7, 11) is 0. The second-order valence-electron chi connectivity index (χ2n) is 3.73. The number of carbonyl (C=O) groups excluding carboxylic acids is 1. The van der Waals surface area contributed by atoms with Crippen molar-refractivity contribution in [3.05, 3.63) is 18.2 Å². The van der Waals surface area contributed by atoms with Gasteiger partial charge < -0.3 is 10.1 Å². The van der Waals surface area contributed by atoms with Crippen LogP contribution in [0.4, 0.5) is 5.69 Å². The van der Waals surface area contributed by atoms with Gasteiger partial charge in [0, 0.05) is 4.90 Å². The van der Waals surface area contributed by atoms with E-state index in [2.05, 4.69) is 12.2 Å². The number of para-hydroxylation sites is 1.